The summed E-state index contributed by atoms with van der Waals surface area (Å²) < 4.78 is 5.83. The Bertz CT molecular complexity index is 644. The highest BCUT2D eigenvalue weighted by Gasteiger charge is 2.65. The Kier molecular flexibility index (Phi) is 4.38. The number of allylic oxidation sites excluding steroid dienone is 3. The van der Waals surface area contributed by atoms with Crippen LogP contribution in [0.25, 0.3) is 0 Å². The van der Waals surface area contributed by atoms with E-state index in [1.807, 2.05) is 6.08 Å². The number of carboxylic acid groups (broad SMARTS) is 1. The number of nitrogens with zero attached hydrogens (tertiary/aromatic N) is 1. The van der Waals surface area contributed by atoms with Gasteiger partial charge in [-0.3, -0.25) is 4.79 Å². The summed E-state index contributed by atoms with van der Waals surface area (Å²) in [6.45, 7) is 7.14. The summed E-state index contributed by atoms with van der Waals surface area (Å²) in [6.07, 6.45) is 9.31. The lowest BCUT2D eigenvalue weighted by Gasteiger charge is -2.24. The average molecular weight is 330 g/mol. The lowest BCUT2D eigenvalue weighted by Crippen LogP contribution is -2.45. The first-order chi connectivity index (χ1) is 11.3. The summed E-state index contributed by atoms with van der Waals surface area (Å²) in [5.74, 6) is -2.84. The topological polar surface area (TPSA) is 69.7 Å². The summed E-state index contributed by atoms with van der Waals surface area (Å²) in [5.41, 5.74) is 1.76. The largest absolute Gasteiger partial charge is 0.550 e. The molecule has 0 aliphatic carbocycles. The molecule has 0 N–H and O–H groups in total. The van der Waals surface area contributed by atoms with E-state index < -0.39 is 29.5 Å². The monoisotopic (exact) mass is 330 g/mol. The molecule has 3 aliphatic heterocycles. The van der Waals surface area contributed by atoms with Crippen molar-refractivity contribution >= 4 is 11.9 Å². The molecular weight excluding hydrogens is 306 g/mol. The van der Waals surface area contributed by atoms with E-state index in [2.05, 4.69) is 32.9 Å². The minimum absolute atomic E-state index is 0.135. The van der Waals surface area contributed by atoms with Crippen molar-refractivity contribution in [3.8, 4) is 0 Å². The van der Waals surface area contributed by atoms with Crippen LogP contribution in [0.1, 0.15) is 33.6 Å². The molecule has 0 aromatic heterocycles. The van der Waals surface area contributed by atoms with Crippen molar-refractivity contribution < 1.29 is 19.4 Å². The number of ether oxygens (including phenoxy) is 1. The smallest absolute Gasteiger partial charge is 0.230 e. The quantitative estimate of drug-likeness (QED) is 0.687. The van der Waals surface area contributed by atoms with Gasteiger partial charge in [-0.25, -0.2) is 0 Å². The van der Waals surface area contributed by atoms with E-state index in [4.69, 9.17) is 4.74 Å². The van der Waals surface area contributed by atoms with Crippen LogP contribution in [0.5, 0.6) is 0 Å². The van der Waals surface area contributed by atoms with Crippen LogP contribution in [0.3, 0.4) is 0 Å². The number of carbonyl (C=O) groups excluding carboxylic acids is 2. The van der Waals surface area contributed by atoms with Crippen molar-refractivity contribution in [3.05, 3.63) is 35.5 Å². The number of aliphatic carboxylic acids is 1. The molecule has 0 radical (unpaired) electrons. The van der Waals surface area contributed by atoms with Gasteiger partial charge in [0.1, 0.15) is 5.60 Å². The maximum Gasteiger partial charge on any atom is 0.230 e. The van der Waals surface area contributed by atoms with Crippen LogP contribution in [-0.4, -0.2) is 41.6 Å². The zero-order valence-electron chi connectivity index (χ0n) is 14.5. The summed E-state index contributed by atoms with van der Waals surface area (Å²) in [7, 11) is 0. The molecule has 1 amide bonds. The van der Waals surface area contributed by atoms with Crippen molar-refractivity contribution in [3.63, 3.8) is 0 Å². The van der Waals surface area contributed by atoms with E-state index in [1.165, 1.54) is 11.1 Å². The van der Waals surface area contributed by atoms with E-state index in [-0.39, 0.29) is 5.91 Å². The van der Waals surface area contributed by atoms with Gasteiger partial charge in [0.15, 0.2) is 0 Å². The highest BCUT2D eigenvalue weighted by Crippen LogP contribution is 2.51. The zero-order valence-corrected chi connectivity index (χ0v) is 14.5. The molecule has 4 atom stereocenters. The van der Waals surface area contributed by atoms with Gasteiger partial charge >= 0.3 is 0 Å². The first kappa shape index (κ1) is 17.0. The Morgan fingerprint density at radius 2 is 2.17 bits per heavy atom. The molecule has 3 rings (SSSR count). The predicted molar refractivity (Wildman–Crippen MR) is 87.7 cm³/mol. The van der Waals surface area contributed by atoms with Gasteiger partial charge in [0.2, 0.25) is 5.91 Å². The van der Waals surface area contributed by atoms with Gasteiger partial charge in [0.05, 0.1) is 18.6 Å². The molecule has 0 aromatic rings. The molecule has 5 nitrogen and oxygen atoms in total. The second-order valence-electron chi connectivity index (χ2n) is 7.31. The fourth-order valence-electron chi connectivity index (χ4n) is 3.96. The summed E-state index contributed by atoms with van der Waals surface area (Å²) in [4.78, 5) is 25.8. The standard InChI is InChI=1S/C19H25NO4/c1-12(2)5-4-6-13(3)8-10-20-11-19-9-7-14(24-19)15(18(22)23)16(19)17(20)21/h5,7-9,14-16H,4,6,10-11H2,1-3H3,(H,22,23)/p-1/b13-8+/t14-,15+,16+,19-/m0/s1. The second kappa shape index (κ2) is 6.20. The molecule has 2 bridgehead atoms. The van der Waals surface area contributed by atoms with Gasteiger partial charge < -0.3 is 19.5 Å². The fraction of sp³-hybridized carbons (Fsp3) is 0.579. The minimum atomic E-state index is -1.19. The van der Waals surface area contributed by atoms with Gasteiger partial charge in [-0.05, 0) is 33.6 Å². The predicted octanol–water partition coefficient (Wildman–Crippen LogP) is 1.21. The van der Waals surface area contributed by atoms with E-state index in [9.17, 15) is 14.7 Å². The van der Waals surface area contributed by atoms with Crippen molar-refractivity contribution in [2.24, 2.45) is 11.8 Å². The number of hydrogen-bond acceptors (Lipinski definition) is 4. The first-order valence-corrected chi connectivity index (χ1v) is 8.50. The normalized spacial score (nSPS) is 34.0. The number of amides is 1. The lowest BCUT2D eigenvalue weighted by molar-refractivity contribution is -0.313. The Labute approximate surface area is 142 Å². The van der Waals surface area contributed by atoms with Crippen LogP contribution in [0.15, 0.2) is 35.5 Å². The molecule has 1 spiro atoms. The van der Waals surface area contributed by atoms with Gasteiger partial charge in [-0.1, -0.05) is 35.5 Å². The molecular formula is C19H24NO4-. The van der Waals surface area contributed by atoms with E-state index in [0.717, 1.165) is 12.8 Å². The van der Waals surface area contributed by atoms with Crippen LogP contribution < -0.4 is 5.11 Å². The van der Waals surface area contributed by atoms with Crippen LogP contribution >= 0.6 is 0 Å². The Morgan fingerprint density at radius 3 is 2.83 bits per heavy atom. The van der Waals surface area contributed by atoms with Crippen LogP contribution in [0.4, 0.5) is 0 Å². The molecule has 3 heterocycles. The average Bonchev–Trinajstić information content (AvgIpc) is 3.13. The number of likely N-dealkylation sites (tertiary alicyclic amines) is 1. The molecule has 0 unspecified atom stereocenters. The van der Waals surface area contributed by atoms with Crippen LogP contribution in [0.2, 0.25) is 0 Å². The van der Waals surface area contributed by atoms with Crippen molar-refractivity contribution in [1.82, 2.24) is 4.90 Å². The van der Waals surface area contributed by atoms with E-state index >= 15 is 0 Å². The SMILES string of the molecule is CC(C)=CCC/C(C)=C/CN1C[C@]23C=C[C@H](O2)[C@@H](C(=O)[O-])[C@@H]3C1=O. The number of rotatable bonds is 6. The third-order valence-corrected chi connectivity index (χ3v) is 5.20. The first-order valence-electron chi connectivity index (χ1n) is 8.50. The molecule has 2 fully saturated rings. The summed E-state index contributed by atoms with van der Waals surface area (Å²) in [5, 5.41) is 11.4. The Morgan fingerprint density at radius 1 is 1.42 bits per heavy atom. The second-order valence-corrected chi connectivity index (χ2v) is 7.31. The number of carbonyl (C=O) groups is 2. The van der Waals surface area contributed by atoms with Gasteiger partial charge in [-0.2, -0.15) is 0 Å². The molecule has 2 saturated heterocycles. The molecule has 5 heteroatoms. The molecule has 0 saturated carbocycles. The zero-order chi connectivity index (χ0) is 17.5. The lowest BCUT2D eigenvalue weighted by atomic mass is 9.77. The number of carboxylic acids is 1. The highest BCUT2D eigenvalue weighted by molar-refractivity contribution is 5.90. The fourth-order valence-corrected chi connectivity index (χ4v) is 3.96. The molecule has 0 aromatic carbocycles. The molecule has 130 valence electrons. The van der Waals surface area contributed by atoms with Gasteiger partial charge in [0, 0.05) is 18.4 Å². The van der Waals surface area contributed by atoms with Gasteiger partial charge in [-0.15, -0.1) is 0 Å². The number of hydrogen-bond donors (Lipinski definition) is 0. The summed E-state index contributed by atoms with van der Waals surface area (Å²) >= 11 is 0. The van der Waals surface area contributed by atoms with Gasteiger partial charge in [0.25, 0.3) is 0 Å². The van der Waals surface area contributed by atoms with E-state index in [1.54, 1.807) is 11.0 Å². The third-order valence-electron chi connectivity index (χ3n) is 5.20. The Balaban J connectivity index is 1.66. The highest BCUT2D eigenvalue weighted by atomic mass is 16.5. The van der Waals surface area contributed by atoms with Crippen LogP contribution in [-0.2, 0) is 14.3 Å². The summed E-state index contributed by atoms with van der Waals surface area (Å²) in [6, 6.07) is 0. The van der Waals surface area contributed by atoms with Crippen molar-refractivity contribution in [2.45, 2.75) is 45.3 Å². The maximum absolute atomic E-state index is 12.7. The number of fused-ring (bicyclic) bond motifs is 1. The van der Waals surface area contributed by atoms with Crippen molar-refractivity contribution in [2.75, 3.05) is 13.1 Å². The molecule has 24 heavy (non-hydrogen) atoms. The minimum Gasteiger partial charge on any atom is -0.550 e. The molecule has 3 aliphatic rings. The third kappa shape index (κ3) is 2.81. The van der Waals surface area contributed by atoms with E-state index in [0.29, 0.717) is 13.1 Å². The van der Waals surface area contributed by atoms with Crippen molar-refractivity contribution in [1.29, 1.82) is 0 Å². The maximum atomic E-state index is 12.7. The Hall–Kier alpha value is -1.88. The van der Waals surface area contributed by atoms with Crippen LogP contribution in [0, 0.1) is 11.8 Å².